The smallest absolute Gasteiger partial charge is 0.363 e. The van der Waals surface area contributed by atoms with Crippen molar-refractivity contribution in [1.82, 2.24) is 0 Å². The second kappa shape index (κ2) is 5.59. The minimum atomic E-state index is -1.40. The molecule has 0 bridgehead atoms. The van der Waals surface area contributed by atoms with Gasteiger partial charge >= 0.3 is 5.97 Å². The molecule has 2 atom stereocenters. The lowest BCUT2D eigenvalue weighted by atomic mass is 10.2. The molecule has 0 saturated heterocycles. The summed E-state index contributed by atoms with van der Waals surface area (Å²) in [6, 6.07) is 8.62. The van der Waals surface area contributed by atoms with Crippen LogP contribution in [0.4, 0.5) is 5.69 Å². The molecule has 7 nitrogen and oxygen atoms in total. The van der Waals surface area contributed by atoms with Crippen LogP contribution < -0.4 is 0 Å². The van der Waals surface area contributed by atoms with E-state index < -0.39 is 30.5 Å². The van der Waals surface area contributed by atoms with Crippen molar-refractivity contribution in [2.45, 2.75) is 12.2 Å². The number of esters is 1. The van der Waals surface area contributed by atoms with Crippen LogP contribution in [0.3, 0.4) is 0 Å². The number of azo groups is 1. The Labute approximate surface area is 108 Å². The molecule has 0 aromatic heterocycles. The minimum Gasteiger partial charge on any atom is -0.506 e. The highest BCUT2D eigenvalue weighted by atomic mass is 16.6. The van der Waals surface area contributed by atoms with Crippen LogP contribution in [0.25, 0.3) is 0 Å². The summed E-state index contributed by atoms with van der Waals surface area (Å²) in [5.74, 6) is -1.43. The molecular formula is C12H12N2O5. The largest absolute Gasteiger partial charge is 0.506 e. The van der Waals surface area contributed by atoms with E-state index >= 15 is 0 Å². The molecule has 0 saturated carbocycles. The van der Waals surface area contributed by atoms with Crippen molar-refractivity contribution in [3.8, 4) is 0 Å². The summed E-state index contributed by atoms with van der Waals surface area (Å²) in [6.07, 6.45) is -2.70. The second-order valence-electron chi connectivity index (χ2n) is 3.85. The third-order valence-corrected chi connectivity index (χ3v) is 2.50. The van der Waals surface area contributed by atoms with Gasteiger partial charge in [-0.2, -0.15) is 5.11 Å². The molecule has 0 spiro atoms. The van der Waals surface area contributed by atoms with Gasteiger partial charge in [-0.3, -0.25) is 0 Å². The van der Waals surface area contributed by atoms with E-state index in [9.17, 15) is 15.0 Å². The fourth-order valence-corrected chi connectivity index (χ4v) is 1.52. The van der Waals surface area contributed by atoms with Gasteiger partial charge in [0.15, 0.2) is 11.9 Å². The quantitative estimate of drug-likeness (QED) is 0.550. The van der Waals surface area contributed by atoms with Crippen LogP contribution >= 0.6 is 0 Å². The molecule has 1 aromatic carbocycles. The highest BCUT2D eigenvalue weighted by molar-refractivity contribution is 5.91. The van der Waals surface area contributed by atoms with Crippen LogP contribution in [0.5, 0.6) is 0 Å². The standard InChI is InChI=1S/C12H12N2O5/c15-6-8(16)11-10(17)9(12(18)19-11)14-13-7-4-2-1-3-5-7/h1-5,8,11,15-17H,6H2. The van der Waals surface area contributed by atoms with Crippen LogP contribution in [-0.2, 0) is 9.53 Å². The maximum absolute atomic E-state index is 11.5. The van der Waals surface area contributed by atoms with Gasteiger partial charge in [-0.1, -0.05) is 18.2 Å². The lowest BCUT2D eigenvalue weighted by Gasteiger charge is -2.14. The number of aliphatic hydroxyl groups is 3. The Balaban J connectivity index is 2.21. The second-order valence-corrected chi connectivity index (χ2v) is 3.85. The first-order chi connectivity index (χ1) is 9.13. The number of nitrogens with zero attached hydrogens (tertiary/aromatic N) is 2. The topological polar surface area (TPSA) is 112 Å². The van der Waals surface area contributed by atoms with E-state index in [4.69, 9.17) is 9.84 Å². The molecule has 1 aromatic rings. The van der Waals surface area contributed by atoms with Gasteiger partial charge in [-0.15, -0.1) is 5.11 Å². The Hall–Kier alpha value is -2.25. The first-order valence-corrected chi connectivity index (χ1v) is 5.53. The average molecular weight is 264 g/mol. The van der Waals surface area contributed by atoms with Crippen molar-refractivity contribution < 1.29 is 24.9 Å². The Bertz CT molecular complexity index is 526. The molecule has 7 heteroatoms. The summed E-state index contributed by atoms with van der Waals surface area (Å²) in [4.78, 5) is 11.5. The Morgan fingerprint density at radius 1 is 1.26 bits per heavy atom. The zero-order valence-electron chi connectivity index (χ0n) is 9.80. The summed E-state index contributed by atoms with van der Waals surface area (Å²) in [5, 5.41) is 35.2. The number of aliphatic hydroxyl groups excluding tert-OH is 3. The van der Waals surface area contributed by atoms with Crippen LogP contribution in [-0.4, -0.2) is 40.1 Å². The number of hydrogen-bond donors (Lipinski definition) is 3. The monoisotopic (exact) mass is 264 g/mol. The number of cyclic esters (lactones) is 1. The predicted molar refractivity (Wildman–Crippen MR) is 63.6 cm³/mol. The first kappa shape index (κ1) is 13.2. The summed E-state index contributed by atoms with van der Waals surface area (Å²) in [7, 11) is 0. The highest BCUT2D eigenvalue weighted by Crippen LogP contribution is 2.25. The van der Waals surface area contributed by atoms with E-state index in [1.807, 2.05) is 0 Å². The van der Waals surface area contributed by atoms with Crippen LogP contribution in [0.1, 0.15) is 0 Å². The Kier molecular flexibility index (Phi) is 3.88. The van der Waals surface area contributed by atoms with E-state index in [2.05, 4.69) is 10.2 Å². The highest BCUT2D eigenvalue weighted by Gasteiger charge is 2.39. The van der Waals surface area contributed by atoms with Gasteiger partial charge in [0, 0.05) is 0 Å². The molecule has 0 fully saturated rings. The molecule has 0 aliphatic carbocycles. The SMILES string of the molecule is O=C1OC(C(O)CO)C(O)=C1N=Nc1ccccc1. The number of ether oxygens (including phenoxy) is 1. The number of carbonyl (C=O) groups excluding carboxylic acids is 1. The van der Waals surface area contributed by atoms with Crippen molar-refractivity contribution in [2.24, 2.45) is 10.2 Å². The van der Waals surface area contributed by atoms with E-state index in [1.165, 1.54) is 0 Å². The molecule has 3 N–H and O–H groups in total. The summed E-state index contributed by atoms with van der Waals surface area (Å²) in [6.45, 7) is -0.648. The molecule has 1 heterocycles. The number of benzene rings is 1. The summed E-state index contributed by atoms with van der Waals surface area (Å²) >= 11 is 0. The van der Waals surface area contributed by atoms with Gasteiger partial charge in [-0.05, 0) is 12.1 Å². The molecule has 0 amide bonds. The van der Waals surface area contributed by atoms with Crippen molar-refractivity contribution in [1.29, 1.82) is 0 Å². The van der Waals surface area contributed by atoms with E-state index in [0.29, 0.717) is 5.69 Å². The Morgan fingerprint density at radius 2 is 1.95 bits per heavy atom. The number of carbonyl (C=O) groups is 1. The molecule has 19 heavy (non-hydrogen) atoms. The van der Waals surface area contributed by atoms with Crippen LogP contribution in [0.15, 0.2) is 52.0 Å². The molecule has 1 aliphatic heterocycles. The van der Waals surface area contributed by atoms with Gasteiger partial charge in [0.2, 0.25) is 5.70 Å². The van der Waals surface area contributed by atoms with Crippen molar-refractivity contribution in [3.05, 3.63) is 41.8 Å². The van der Waals surface area contributed by atoms with Gasteiger partial charge in [0.25, 0.3) is 0 Å². The van der Waals surface area contributed by atoms with Gasteiger partial charge < -0.3 is 20.1 Å². The summed E-state index contributed by atoms with van der Waals surface area (Å²) in [5.41, 5.74) is 0.128. The third-order valence-electron chi connectivity index (χ3n) is 2.50. The normalized spacial score (nSPS) is 20.9. The maximum atomic E-state index is 11.5. The number of rotatable bonds is 4. The van der Waals surface area contributed by atoms with Gasteiger partial charge in [0.1, 0.15) is 6.10 Å². The minimum absolute atomic E-state index is 0.374. The first-order valence-electron chi connectivity index (χ1n) is 5.53. The van der Waals surface area contributed by atoms with Gasteiger partial charge in [-0.25, -0.2) is 4.79 Å². The third kappa shape index (κ3) is 2.78. The van der Waals surface area contributed by atoms with E-state index in [-0.39, 0.29) is 5.70 Å². The lowest BCUT2D eigenvalue weighted by molar-refractivity contribution is -0.145. The van der Waals surface area contributed by atoms with E-state index in [0.717, 1.165) is 0 Å². The fourth-order valence-electron chi connectivity index (χ4n) is 1.52. The Morgan fingerprint density at radius 3 is 2.58 bits per heavy atom. The van der Waals surface area contributed by atoms with Crippen molar-refractivity contribution in [3.63, 3.8) is 0 Å². The zero-order chi connectivity index (χ0) is 13.8. The van der Waals surface area contributed by atoms with Crippen LogP contribution in [0.2, 0.25) is 0 Å². The molecule has 0 radical (unpaired) electrons. The van der Waals surface area contributed by atoms with Crippen LogP contribution in [0, 0.1) is 0 Å². The summed E-state index contributed by atoms with van der Waals surface area (Å²) < 4.78 is 4.70. The number of hydrogen-bond acceptors (Lipinski definition) is 7. The maximum Gasteiger partial charge on any atom is 0.363 e. The molecular weight excluding hydrogens is 252 g/mol. The van der Waals surface area contributed by atoms with E-state index in [1.54, 1.807) is 30.3 Å². The molecule has 1 aliphatic rings. The fraction of sp³-hybridized carbons (Fsp3) is 0.250. The average Bonchev–Trinajstić information content (AvgIpc) is 2.72. The predicted octanol–water partition coefficient (Wildman–Crippen LogP) is 0.819. The molecule has 2 rings (SSSR count). The lowest BCUT2D eigenvalue weighted by Crippen LogP contribution is -2.31. The van der Waals surface area contributed by atoms with Crippen molar-refractivity contribution >= 4 is 11.7 Å². The van der Waals surface area contributed by atoms with Crippen molar-refractivity contribution in [2.75, 3.05) is 6.61 Å². The molecule has 100 valence electrons. The molecule has 2 unspecified atom stereocenters. The van der Waals surface area contributed by atoms with Gasteiger partial charge in [0.05, 0.1) is 12.3 Å². The zero-order valence-corrected chi connectivity index (χ0v) is 9.80.